The zero-order valence-electron chi connectivity index (χ0n) is 11.5. The van der Waals surface area contributed by atoms with Crippen LogP contribution < -0.4 is 9.47 Å². The molecule has 0 aliphatic heterocycles. The molecule has 0 aliphatic rings. The molecule has 0 spiro atoms. The molecule has 0 atom stereocenters. The van der Waals surface area contributed by atoms with Crippen LogP contribution in [0.15, 0.2) is 54.9 Å². The second-order valence-corrected chi connectivity index (χ2v) is 4.58. The van der Waals surface area contributed by atoms with Gasteiger partial charge in [-0.1, -0.05) is 0 Å². The summed E-state index contributed by atoms with van der Waals surface area (Å²) in [5.74, 6) is -0.506. The molecule has 0 N–H and O–H groups in total. The van der Waals surface area contributed by atoms with Crippen molar-refractivity contribution in [3.05, 3.63) is 66.2 Å². The molecule has 0 saturated carbocycles. The Balaban J connectivity index is 2.08. The lowest BCUT2D eigenvalue weighted by Gasteiger charge is -2.09. The van der Waals surface area contributed by atoms with Gasteiger partial charge in [0.05, 0.1) is 6.08 Å². The molecule has 3 nitrogen and oxygen atoms in total. The standard InChI is InChI=1S/C16H16FN2O/c1-18(2)15-7-10-19(11-8-15)12-9-16(20)13-3-5-14(17)6-4-13/h3-12H,1-2H3/q+1/b12-9+. The topological polar surface area (TPSA) is 24.2 Å². The average Bonchev–Trinajstić information content (AvgIpc) is 2.46. The Bertz CT molecular complexity index is 616. The molecule has 1 aromatic heterocycles. The highest BCUT2D eigenvalue weighted by molar-refractivity contribution is 6.05. The summed E-state index contributed by atoms with van der Waals surface area (Å²) < 4.78 is 14.6. The molecule has 102 valence electrons. The molecule has 1 heterocycles. The van der Waals surface area contributed by atoms with E-state index in [9.17, 15) is 9.18 Å². The molecule has 0 bridgehead atoms. The molecule has 1 aromatic carbocycles. The molecule has 20 heavy (non-hydrogen) atoms. The van der Waals surface area contributed by atoms with Gasteiger partial charge in [-0.25, -0.2) is 4.39 Å². The van der Waals surface area contributed by atoms with Crippen molar-refractivity contribution >= 4 is 17.7 Å². The Morgan fingerprint density at radius 3 is 2.25 bits per heavy atom. The predicted molar refractivity (Wildman–Crippen MR) is 77.0 cm³/mol. The summed E-state index contributed by atoms with van der Waals surface area (Å²) >= 11 is 0. The van der Waals surface area contributed by atoms with Gasteiger partial charge in [0, 0.05) is 37.5 Å². The predicted octanol–water partition coefficient (Wildman–Crippen LogP) is 2.53. The number of pyridine rings is 1. The van der Waals surface area contributed by atoms with E-state index in [1.807, 2.05) is 43.5 Å². The molecular weight excluding hydrogens is 255 g/mol. The minimum Gasteiger partial charge on any atom is -0.377 e. The normalized spacial score (nSPS) is 10.8. The number of benzene rings is 1. The van der Waals surface area contributed by atoms with E-state index in [2.05, 4.69) is 0 Å². The second-order valence-electron chi connectivity index (χ2n) is 4.58. The third-order valence-electron chi connectivity index (χ3n) is 2.88. The summed E-state index contributed by atoms with van der Waals surface area (Å²) in [6, 6.07) is 9.41. The number of halogens is 1. The summed E-state index contributed by atoms with van der Waals surface area (Å²) in [5, 5.41) is 0. The largest absolute Gasteiger partial charge is 0.377 e. The highest BCUT2D eigenvalue weighted by atomic mass is 19.1. The van der Waals surface area contributed by atoms with Crippen molar-refractivity contribution in [2.24, 2.45) is 0 Å². The SMILES string of the molecule is CN(C)c1cc[n+](/C=C/C(=O)c2ccc(F)cc2)cc1. The zero-order chi connectivity index (χ0) is 14.5. The Hall–Kier alpha value is -2.49. The number of carbonyl (C=O) groups excluding carboxylic acids is 1. The maximum atomic E-state index is 12.8. The van der Waals surface area contributed by atoms with Crippen molar-refractivity contribution in [1.29, 1.82) is 0 Å². The lowest BCUT2D eigenvalue weighted by molar-refractivity contribution is -0.568. The van der Waals surface area contributed by atoms with Crippen LogP contribution in [0.5, 0.6) is 0 Å². The monoisotopic (exact) mass is 271 g/mol. The fraction of sp³-hybridized carbons (Fsp3) is 0.125. The average molecular weight is 271 g/mol. The quantitative estimate of drug-likeness (QED) is 0.485. The van der Waals surface area contributed by atoms with Gasteiger partial charge < -0.3 is 4.90 Å². The number of allylic oxidation sites excluding steroid dienone is 1. The first-order valence-corrected chi connectivity index (χ1v) is 6.22. The minimum atomic E-state index is -0.348. The summed E-state index contributed by atoms with van der Waals surface area (Å²) in [6.45, 7) is 0. The van der Waals surface area contributed by atoms with E-state index in [-0.39, 0.29) is 11.6 Å². The molecule has 0 saturated heterocycles. The second kappa shape index (κ2) is 6.10. The van der Waals surface area contributed by atoms with Crippen LogP contribution in [0.2, 0.25) is 0 Å². The van der Waals surface area contributed by atoms with Crippen LogP contribution in [-0.2, 0) is 0 Å². The van der Waals surface area contributed by atoms with Gasteiger partial charge in [0.2, 0.25) is 0 Å². The first-order valence-electron chi connectivity index (χ1n) is 6.22. The van der Waals surface area contributed by atoms with Crippen molar-refractivity contribution in [1.82, 2.24) is 0 Å². The van der Waals surface area contributed by atoms with Gasteiger partial charge in [0.25, 0.3) is 0 Å². The summed E-state index contributed by atoms with van der Waals surface area (Å²) in [5.41, 5.74) is 1.55. The summed E-state index contributed by atoms with van der Waals surface area (Å²) in [7, 11) is 3.93. The van der Waals surface area contributed by atoms with Crippen LogP contribution in [0, 0.1) is 5.82 Å². The Labute approximate surface area is 117 Å². The van der Waals surface area contributed by atoms with E-state index >= 15 is 0 Å². The molecular formula is C16H16FN2O+. The fourth-order valence-electron chi connectivity index (χ4n) is 1.69. The third-order valence-corrected chi connectivity index (χ3v) is 2.88. The number of anilines is 1. The first kappa shape index (κ1) is 13.9. The van der Waals surface area contributed by atoms with Crippen LogP contribution in [-0.4, -0.2) is 19.9 Å². The van der Waals surface area contributed by atoms with Crippen molar-refractivity contribution < 1.29 is 13.8 Å². The van der Waals surface area contributed by atoms with Gasteiger partial charge in [-0.3, -0.25) is 4.79 Å². The van der Waals surface area contributed by atoms with Crippen LogP contribution in [0.25, 0.3) is 6.20 Å². The number of aromatic nitrogens is 1. The lowest BCUT2D eigenvalue weighted by atomic mass is 10.1. The Morgan fingerprint density at radius 1 is 1.10 bits per heavy atom. The van der Waals surface area contributed by atoms with E-state index in [1.165, 1.54) is 30.3 Å². The van der Waals surface area contributed by atoms with Gasteiger partial charge in [0.1, 0.15) is 5.82 Å². The van der Waals surface area contributed by atoms with Crippen LogP contribution in [0.3, 0.4) is 0 Å². The van der Waals surface area contributed by atoms with Gasteiger partial charge in [-0.05, 0) is 24.3 Å². The van der Waals surface area contributed by atoms with Crippen LogP contribution in [0.1, 0.15) is 10.4 Å². The minimum absolute atomic E-state index is 0.158. The van der Waals surface area contributed by atoms with Crippen LogP contribution in [0.4, 0.5) is 10.1 Å². The van der Waals surface area contributed by atoms with E-state index < -0.39 is 0 Å². The molecule has 4 heteroatoms. The van der Waals surface area contributed by atoms with Gasteiger partial charge >= 0.3 is 0 Å². The van der Waals surface area contributed by atoms with E-state index in [1.54, 1.807) is 10.8 Å². The van der Waals surface area contributed by atoms with Crippen molar-refractivity contribution in [3.63, 3.8) is 0 Å². The first-order chi connectivity index (χ1) is 9.56. The number of nitrogens with zero attached hydrogens (tertiary/aromatic N) is 2. The maximum Gasteiger partial charge on any atom is 0.191 e. The number of carbonyl (C=O) groups is 1. The van der Waals surface area contributed by atoms with Crippen molar-refractivity contribution in [2.75, 3.05) is 19.0 Å². The van der Waals surface area contributed by atoms with E-state index in [4.69, 9.17) is 0 Å². The highest BCUT2D eigenvalue weighted by Crippen LogP contribution is 2.06. The highest BCUT2D eigenvalue weighted by Gasteiger charge is 2.04. The number of ketones is 1. The Morgan fingerprint density at radius 2 is 1.70 bits per heavy atom. The molecule has 0 fully saturated rings. The number of hydrogen-bond acceptors (Lipinski definition) is 2. The molecule has 0 aliphatic carbocycles. The molecule has 2 rings (SSSR count). The molecule has 0 radical (unpaired) electrons. The van der Waals surface area contributed by atoms with Crippen LogP contribution >= 0.6 is 0 Å². The number of rotatable bonds is 4. The fourth-order valence-corrected chi connectivity index (χ4v) is 1.69. The van der Waals surface area contributed by atoms with E-state index in [0.29, 0.717) is 5.56 Å². The van der Waals surface area contributed by atoms with Crippen molar-refractivity contribution in [3.8, 4) is 0 Å². The lowest BCUT2D eigenvalue weighted by Crippen LogP contribution is -2.25. The Kier molecular flexibility index (Phi) is 4.25. The zero-order valence-corrected chi connectivity index (χ0v) is 11.5. The number of hydrogen-bond donors (Lipinski definition) is 0. The molecule has 0 amide bonds. The van der Waals surface area contributed by atoms with E-state index in [0.717, 1.165) is 5.69 Å². The third kappa shape index (κ3) is 3.51. The van der Waals surface area contributed by atoms with Crippen molar-refractivity contribution in [2.45, 2.75) is 0 Å². The van der Waals surface area contributed by atoms with Gasteiger partial charge in [-0.2, -0.15) is 4.57 Å². The van der Waals surface area contributed by atoms with Gasteiger partial charge in [0.15, 0.2) is 24.4 Å². The summed E-state index contributed by atoms with van der Waals surface area (Å²) in [6.07, 6.45) is 6.86. The maximum absolute atomic E-state index is 12.8. The molecule has 0 unspecified atom stereocenters. The van der Waals surface area contributed by atoms with Gasteiger partial charge in [-0.15, -0.1) is 0 Å². The molecule has 2 aromatic rings. The smallest absolute Gasteiger partial charge is 0.191 e. The summed E-state index contributed by atoms with van der Waals surface area (Å²) in [4.78, 5) is 13.9.